The molecule has 0 atom stereocenters. The minimum absolute atomic E-state index is 1.02. The Balaban J connectivity index is 1.91. The van der Waals surface area contributed by atoms with Gasteiger partial charge in [-0.15, -0.1) is 0 Å². The highest BCUT2D eigenvalue weighted by atomic mass is 28.1. The van der Waals surface area contributed by atoms with Crippen LogP contribution < -0.4 is 5.19 Å². The van der Waals surface area contributed by atoms with Crippen LogP contribution >= 0.6 is 0 Å². The highest BCUT2D eigenvalue weighted by Crippen LogP contribution is 2.36. The Morgan fingerprint density at radius 1 is 0.650 bits per heavy atom. The van der Waals surface area contributed by atoms with Gasteiger partial charge in [0.15, 0.2) is 0 Å². The second-order valence-electron chi connectivity index (χ2n) is 5.21. The predicted molar refractivity (Wildman–Crippen MR) is 85.5 cm³/mol. The molecule has 0 amide bonds. The number of hydrogen-bond acceptors (Lipinski definition) is 0. The third-order valence-electron chi connectivity index (χ3n) is 4.07. The van der Waals surface area contributed by atoms with Gasteiger partial charge >= 0.3 is 0 Å². The van der Waals surface area contributed by atoms with Gasteiger partial charge in [-0.05, 0) is 39.8 Å². The Hall–Kier alpha value is -2.12. The molecule has 0 N–H and O–H groups in total. The van der Waals surface area contributed by atoms with E-state index in [0.717, 1.165) is 6.42 Å². The van der Waals surface area contributed by atoms with Gasteiger partial charge < -0.3 is 0 Å². The molecular weight excluding hydrogens is 256 g/mol. The highest BCUT2D eigenvalue weighted by Gasteiger charge is 2.20. The maximum Gasteiger partial charge on any atom is 0.0724 e. The predicted octanol–water partition coefficient (Wildman–Crippen LogP) is 3.72. The topological polar surface area (TPSA) is 0 Å². The summed E-state index contributed by atoms with van der Waals surface area (Å²) in [5.74, 6) is 0. The molecule has 93 valence electrons. The highest BCUT2D eigenvalue weighted by molar-refractivity contribution is 6.37. The first-order valence-electron chi connectivity index (χ1n) is 6.86. The minimum Gasteiger partial charge on any atom is -0.0622 e. The molecule has 1 aliphatic carbocycles. The molecule has 1 aliphatic rings. The maximum absolute atomic E-state index is 3.89. The summed E-state index contributed by atoms with van der Waals surface area (Å²) >= 11 is 0. The van der Waals surface area contributed by atoms with Crippen molar-refractivity contribution in [1.29, 1.82) is 0 Å². The number of rotatable bonds is 1. The lowest BCUT2D eigenvalue weighted by Crippen LogP contribution is -2.13. The summed E-state index contributed by atoms with van der Waals surface area (Å²) in [6.45, 7) is 0. The molecule has 0 unspecified atom stereocenters. The second kappa shape index (κ2) is 4.46. The second-order valence-corrected chi connectivity index (χ2v) is 5.71. The lowest BCUT2D eigenvalue weighted by molar-refractivity contribution is 1.28. The van der Waals surface area contributed by atoms with Crippen LogP contribution in [0.25, 0.3) is 22.3 Å². The zero-order valence-electron chi connectivity index (χ0n) is 11.1. The summed E-state index contributed by atoms with van der Waals surface area (Å²) < 4.78 is 0. The average Bonchev–Trinajstić information content (AvgIpc) is 2.88. The van der Waals surface area contributed by atoms with Crippen LogP contribution in [-0.4, -0.2) is 10.2 Å². The molecule has 0 saturated heterocycles. The molecular formula is C19H13Si. The third-order valence-corrected chi connectivity index (χ3v) is 4.64. The van der Waals surface area contributed by atoms with Crippen LogP contribution in [0.2, 0.25) is 0 Å². The van der Waals surface area contributed by atoms with Crippen LogP contribution in [0.15, 0.2) is 66.7 Å². The fourth-order valence-corrected chi connectivity index (χ4v) is 3.52. The van der Waals surface area contributed by atoms with Crippen molar-refractivity contribution in [3.05, 3.63) is 77.9 Å². The van der Waals surface area contributed by atoms with Gasteiger partial charge in [0, 0.05) is 0 Å². The zero-order chi connectivity index (χ0) is 13.5. The van der Waals surface area contributed by atoms with Gasteiger partial charge in [-0.3, -0.25) is 0 Å². The number of hydrogen-bond donors (Lipinski definition) is 0. The van der Waals surface area contributed by atoms with Gasteiger partial charge in [-0.2, -0.15) is 0 Å². The van der Waals surface area contributed by atoms with Crippen molar-refractivity contribution >= 4 is 15.4 Å². The van der Waals surface area contributed by atoms with E-state index in [1.165, 1.54) is 38.6 Å². The minimum atomic E-state index is 1.02. The number of fused-ring (bicyclic) bond motifs is 3. The van der Waals surface area contributed by atoms with E-state index in [0.29, 0.717) is 0 Å². The lowest BCUT2D eigenvalue weighted by atomic mass is 9.99. The molecule has 0 aromatic heterocycles. The molecule has 3 aromatic rings. The van der Waals surface area contributed by atoms with Crippen LogP contribution in [0.4, 0.5) is 0 Å². The first-order chi connectivity index (χ1) is 9.84. The molecule has 0 bridgehead atoms. The smallest absolute Gasteiger partial charge is 0.0622 e. The normalized spacial score (nSPS) is 12.1. The molecule has 20 heavy (non-hydrogen) atoms. The molecule has 3 aromatic carbocycles. The summed E-state index contributed by atoms with van der Waals surface area (Å²) in [6.07, 6.45) is 1.02. The molecule has 0 heterocycles. The fraction of sp³-hybridized carbons (Fsp3) is 0.0526. The van der Waals surface area contributed by atoms with E-state index in [2.05, 4.69) is 77.0 Å². The van der Waals surface area contributed by atoms with Crippen LogP contribution in [0.3, 0.4) is 0 Å². The Labute approximate surface area is 122 Å². The Kier molecular flexibility index (Phi) is 2.61. The molecule has 4 rings (SSSR count). The van der Waals surface area contributed by atoms with Crippen molar-refractivity contribution in [2.75, 3.05) is 0 Å². The van der Waals surface area contributed by atoms with Gasteiger partial charge in [-0.25, -0.2) is 0 Å². The van der Waals surface area contributed by atoms with E-state index in [9.17, 15) is 0 Å². The van der Waals surface area contributed by atoms with E-state index in [4.69, 9.17) is 0 Å². The van der Waals surface area contributed by atoms with Crippen molar-refractivity contribution in [3.63, 3.8) is 0 Å². The van der Waals surface area contributed by atoms with Gasteiger partial charge in [0.25, 0.3) is 0 Å². The van der Waals surface area contributed by atoms with Gasteiger partial charge in [-0.1, -0.05) is 71.9 Å². The summed E-state index contributed by atoms with van der Waals surface area (Å²) in [5.41, 5.74) is 8.11. The third kappa shape index (κ3) is 1.67. The van der Waals surface area contributed by atoms with Gasteiger partial charge in [0.2, 0.25) is 0 Å². The first kappa shape index (κ1) is 11.7. The van der Waals surface area contributed by atoms with Crippen LogP contribution in [-0.2, 0) is 6.42 Å². The molecule has 0 spiro atoms. The van der Waals surface area contributed by atoms with Crippen molar-refractivity contribution in [3.8, 4) is 22.3 Å². The summed E-state index contributed by atoms with van der Waals surface area (Å²) in [5, 5.41) is 1.23. The van der Waals surface area contributed by atoms with Crippen molar-refractivity contribution in [2.45, 2.75) is 6.42 Å². The van der Waals surface area contributed by atoms with Crippen molar-refractivity contribution < 1.29 is 0 Å². The quantitative estimate of drug-likeness (QED) is 0.462. The van der Waals surface area contributed by atoms with E-state index in [1.54, 1.807) is 0 Å². The van der Waals surface area contributed by atoms with Gasteiger partial charge in [0.05, 0.1) is 10.2 Å². The average molecular weight is 269 g/mol. The summed E-state index contributed by atoms with van der Waals surface area (Å²) in [4.78, 5) is 0. The Bertz CT molecular complexity index is 788. The molecule has 0 nitrogen and oxygen atoms in total. The Morgan fingerprint density at radius 3 is 2.20 bits per heavy atom. The van der Waals surface area contributed by atoms with Crippen LogP contribution in [0.5, 0.6) is 0 Å². The molecule has 0 fully saturated rings. The van der Waals surface area contributed by atoms with Gasteiger partial charge in [0.1, 0.15) is 0 Å². The molecule has 1 heteroatoms. The van der Waals surface area contributed by atoms with Crippen molar-refractivity contribution in [2.24, 2.45) is 0 Å². The maximum atomic E-state index is 3.89. The largest absolute Gasteiger partial charge is 0.0724 e. The zero-order valence-corrected chi connectivity index (χ0v) is 12.1. The molecule has 0 aliphatic heterocycles. The standard InChI is InChI=1S/C19H13Si/c20-19-16(13-6-2-1-3-7-13)10-11-17-15-9-5-4-8-14(15)12-18(17)19/h1-11H,12H2. The molecule has 0 saturated carbocycles. The molecule has 3 radical (unpaired) electrons. The van der Waals surface area contributed by atoms with E-state index in [-0.39, 0.29) is 0 Å². The van der Waals surface area contributed by atoms with E-state index in [1.807, 2.05) is 0 Å². The SMILES string of the molecule is [Si]c1c(-c2ccccc2)ccc2c1Cc1ccccc1-2. The summed E-state index contributed by atoms with van der Waals surface area (Å²) in [6, 6.07) is 23.7. The number of benzene rings is 3. The van der Waals surface area contributed by atoms with Crippen LogP contribution in [0, 0.1) is 0 Å². The summed E-state index contributed by atoms with van der Waals surface area (Å²) in [7, 11) is 3.89. The monoisotopic (exact) mass is 269 g/mol. The Morgan fingerprint density at radius 2 is 1.35 bits per heavy atom. The lowest BCUT2D eigenvalue weighted by Gasteiger charge is -2.11. The fourth-order valence-electron chi connectivity index (χ4n) is 3.07. The van der Waals surface area contributed by atoms with E-state index >= 15 is 0 Å². The van der Waals surface area contributed by atoms with E-state index < -0.39 is 0 Å². The van der Waals surface area contributed by atoms with Crippen LogP contribution in [0.1, 0.15) is 11.1 Å². The van der Waals surface area contributed by atoms with Crippen molar-refractivity contribution in [1.82, 2.24) is 0 Å². The first-order valence-corrected chi connectivity index (χ1v) is 7.36.